The topological polar surface area (TPSA) is 43.8 Å². The molecule has 124 heavy (non-hydrogen) atoms. The number of imidazole rings is 2. The molecular weight excluding hydrogens is 1510 g/mol. The van der Waals surface area contributed by atoms with Crippen LogP contribution in [0.15, 0.2) is 316 Å². The first-order valence-corrected chi connectivity index (χ1v) is 43.9. The van der Waals surface area contributed by atoms with Gasteiger partial charge in [0.15, 0.2) is 26.8 Å². The highest BCUT2D eigenvalue weighted by Gasteiger charge is 2.53. The Bertz CT molecular complexity index is 7470. The molecule has 0 aliphatic carbocycles. The number of rotatable bonds is 8. The number of aromatic nitrogens is 10. The molecule has 7 aromatic heterocycles. The van der Waals surface area contributed by atoms with Crippen molar-refractivity contribution in [1.82, 2.24) is 23.0 Å². The van der Waals surface area contributed by atoms with Crippen molar-refractivity contribution < 1.29 is 23.0 Å². The van der Waals surface area contributed by atoms with Gasteiger partial charge < -0.3 is 0 Å². The maximum absolute atomic E-state index is 2.51. The van der Waals surface area contributed by atoms with Crippen LogP contribution in [0.25, 0.3) is 138 Å². The summed E-state index contributed by atoms with van der Waals surface area (Å²) < 4.78 is 23.2. The molecule has 10 nitrogen and oxygen atoms in total. The van der Waals surface area contributed by atoms with Crippen LogP contribution < -0.4 is 23.0 Å². The lowest BCUT2D eigenvalue weighted by atomic mass is 9.59. The third-order valence-electron chi connectivity index (χ3n) is 26.7. The molecule has 0 bridgehead atoms. The van der Waals surface area contributed by atoms with Crippen LogP contribution in [0.1, 0.15) is 134 Å². The van der Waals surface area contributed by atoms with E-state index < -0.39 is 0 Å². The molecule has 0 amide bonds. The van der Waals surface area contributed by atoms with Crippen molar-refractivity contribution in [2.75, 3.05) is 0 Å². The van der Waals surface area contributed by atoms with Gasteiger partial charge >= 0.3 is 0 Å². The highest BCUT2D eigenvalue weighted by molar-refractivity contribution is 6.13. The van der Waals surface area contributed by atoms with Crippen molar-refractivity contribution in [1.29, 1.82) is 0 Å². The van der Waals surface area contributed by atoms with E-state index >= 15 is 0 Å². The van der Waals surface area contributed by atoms with Crippen molar-refractivity contribution in [2.24, 2.45) is 35.2 Å². The number of hydrogen-bond acceptors (Lipinski definition) is 0. The summed E-state index contributed by atoms with van der Waals surface area (Å²) in [6.07, 6.45) is 6.71. The average Bonchev–Trinajstić information content (AvgIpc) is 1.48. The lowest BCUT2D eigenvalue weighted by Gasteiger charge is -2.46. The minimum atomic E-state index is -0.0894. The zero-order valence-electron chi connectivity index (χ0n) is 76.1. The lowest BCUT2D eigenvalue weighted by Crippen LogP contribution is -2.51. The van der Waals surface area contributed by atoms with Gasteiger partial charge in [0.2, 0.25) is 17.6 Å². The molecule has 0 spiro atoms. The normalized spacial score (nSPS) is 12.7. The Morgan fingerprint density at radius 2 is 0.823 bits per heavy atom. The Morgan fingerprint density at radius 1 is 0.347 bits per heavy atom. The molecule has 0 unspecified atom stereocenters. The van der Waals surface area contributed by atoms with Crippen LogP contribution in [-0.4, -0.2) is 23.0 Å². The molecule has 618 valence electrons. The molecule has 13 aromatic carbocycles. The van der Waals surface area contributed by atoms with Gasteiger partial charge in [-0.25, -0.2) is 9.13 Å². The molecule has 0 fully saturated rings. The van der Waals surface area contributed by atoms with E-state index in [4.69, 9.17) is 0 Å². The van der Waals surface area contributed by atoms with Crippen LogP contribution in [0.5, 0.6) is 0 Å². The van der Waals surface area contributed by atoms with Gasteiger partial charge in [0, 0.05) is 56.0 Å². The van der Waals surface area contributed by atoms with Gasteiger partial charge in [-0.15, -0.1) is 28.1 Å². The van der Waals surface area contributed by atoms with Crippen LogP contribution in [0.4, 0.5) is 0 Å². The molecule has 0 N–H and O–H groups in total. The maximum atomic E-state index is 2.51. The third kappa shape index (κ3) is 14.1. The largest absolute Gasteiger partial charge is 0.295 e. The van der Waals surface area contributed by atoms with Crippen LogP contribution >= 0.6 is 0 Å². The molecule has 0 atom stereocenters. The smallest absolute Gasteiger partial charge is 0.232 e. The highest BCUT2D eigenvalue weighted by Crippen LogP contribution is 2.55. The average molecular weight is 1630 g/mol. The summed E-state index contributed by atoms with van der Waals surface area (Å²) in [5, 5.41) is 10.5. The Kier molecular flexibility index (Phi) is 22.0. The number of aryl methyl sites for hydroxylation is 11. The first kappa shape index (κ1) is 82.7. The number of pyridine rings is 2. The summed E-state index contributed by atoms with van der Waals surface area (Å²) in [4.78, 5) is 0. The molecule has 0 saturated carbocycles. The van der Waals surface area contributed by atoms with E-state index in [9.17, 15) is 0 Å². The molecular formula is C114H117N10+5. The van der Waals surface area contributed by atoms with Crippen molar-refractivity contribution in [3.63, 3.8) is 0 Å². The zero-order chi connectivity index (χ0) is 87.1. The third-order valence-corrected chi connectivity index (χ3v) is 26.7. The van der Waals surface area contributed by atoms with E-state index in [1.165, 1.54) is 205 Å². The minimum Gasteiger partial charge on any atom is -0.232 e. The Morgan fingerprint density at radius 3 is 1.44 bits per heavy atom. The molecule has 0 radical (unpaired) electrons. The number of nitrogens with zero attached hydrogens (tertiary/aromatic N) is 10. The van der Waals surface area contributed by atoms with Crippen LogP contribution in [0.3, 0.4) is 0 Å². The Labute approximate surface area is 731 Å². The number of benzene rings is 13. The van der Waals surface area contributed by atoms with Gasteiger partial charge in [-0.05, 0) is 183 Å². The van der Waals surface area contributed by atoms with Gasteiger partial charge in [0.1, 0.15) is 62.9 Å². The molecule has 0 saturated heterocycles. The van der Waals surface area contributed by atoms with Crippen molar-refractivity contribution in [3.05, 3.63) is 383 Å². The van der Waals surface area contributed by atoms with Crippen molar-refractivity contribution >= 4 is 76.5 Å². The van der Waals surface area contributed by atoms with Crippen LogP contribution in [0.2, 0.25) is 0 Å². The molecule has 1 aliphatic heterocycles. The van der Waals surface area contributed by atoms with Gasteiger partial charge in [-0.1, -0.05) is 291 Å². The fourth-order valence-corrected chi connectivity index (χ4v) is 20.0. The summed E-state index contributed by atoms with van der Waals surface area (Å²) >= 11 is 0. The van der Waals surface area contributed by atoms with Gasteiger partial charge in [-0.3, -0.25) is 0 Å². The zero-order valence-corrected chi connectivity index (χ0v) is 76.1. The fraction of sp³-hybridized carbons (Fsp3) is 0.219. The fourth-order valence-electron chi connectivity index (χ4n) is 20.0. The second kappa shape index (κ2) is 33.0. The quantitative estimate of drug-likeness (QED) is 0.108. The summed E-state index contributed by atoms with van der Waals surface area (Å²) in [6.45, 7) is 36.4. The predicted molar refractivity (Wildman–Crippen MR) is 517 cm³/mol. The van der Waals surface area contributed by atoms with Crippen LogP contribution in [0, 0.1) is 55.4 Å². The van der Waals surface area contributed by atoms with E-state index in [0.717, 1.165) is 0 Å². The van der Waals surface area contributed by atoms with Gasteiger partial charge in [0.05, 0.1) is 41.2 Å². The summed E-state index contributed by atoms with van der Waals surface area (Å²) in [6, 6.07) is 107. The van der Waals surface area contributed by atoms with E-state index in [0.29, 0.717) is 11.8 Å². The Hall–Kier alpha value is -13.6. The van der Waals surface area contributed by atoms with E-state index in [1.54, 1.807) is 0 Å². The molecule has 10 heteroatoms. The first-order valence-electron chi connectivity index (χ1n) is 43.9. The van der Waals surface area contributed by atoms with Gasteiger partial charge in [0.25, 0.3) is 11.3 Å². The second-order valence-electron chi connectivity index (χ2n) is 36.0. The van der Waals surface area contributed by atoms with Crippen molar-refractivity contribution in [3.8, 4) is 62.0 Å². The monoisotopic (exact) mass is 1630 g/mol. The van der Waals surface area contributed by atoms with E-state index in [1.807, 2.05) is 0 Å². The molecule has 8 heterocycles. The summed E-state index contributed by atoms with van der Waals surface area (Å²) in [5.41, 5.74) is 37.5. The highest BCUT2D eigenvalue weighted by atomic mass is 15.4. The predicted octanol–water partition coefficient (Wildman–Crippen LogP) is 25.3. The Balaban J connectivity index is 0.000000112. The molecule has 1 aliphatic rings. The van der Waals surface area contributed by atoms with Gasteiger partial charge in [-0.2, -0.15) is 8.80 Å². The standard InChI is InChI=1S/C31H35N2.C29H31N2.C21H19N2.C18H17N2.C15H15N2/c1-20-17-21(2)19-24(18-20)28-26(23-14-10-9-11-15-23)29-31(6,7)30(4,5)25-16-12-13-22(3)27(25)33(29)32(28)8;1-18(2)21-13-10-14-22(19(3)4)28(21)26-17-30(6)29-27-20(5)11-9-15-24(27)23-12-7-8-16-25(23)31(26)29;1-16-10-6-8-14-19(16)23-20-15-9-7-13-18(20)21(22(23)2)17-11-4-3-5-12-17;1-12-7-6-9-15-14-8-4-5-10-16(14)20-11-13(2)19(3)18(20)17(12)15;1-12-7-3-5-9-14(12)17-15-10-6-4-8-13(15)11-16(17)2/h9-19H,1-8H3;7-19H,1-6H3;3-15H,1-2H3;4-11H,1-3H3;3-11H,1-2H3/q5*+1. The molecule has 20 aromatic rings. The number of hydrogen-bond donors (Lipinski definition) is 0. The van der Waals surface area contributed by atoms with Crippen LogP contribution in [-0.2, 0) is 46.1 Å². The maximum Gasteiger partial charge on any atom is 0.295 e. The lowest BCUT2D eigenvalue weighted by molar-refractivity contribution is -0.741. The first-order chi connectivity index (χ1) is 59.7. The minimum absolute atomic E-state index is 0.0287. The van der Waals surface area contributed by atoms with E-state index in [2.05, 4.69) is 508 Å². The second-order valence-corrected chi connectivity index (χ2v) is 36.0. The summed E-state index contributed by atoms with van der Waals surface area (Å²) in [5.74, 6) is 0.913. The number of para-hydroxylation sites is 7. The number of fused-ring (bicyclic) bond motifs is 17. The molecule has 21 rings (SSSR count). The SMILES string of the molecule is Cc1cc(C)cc(-c2c(-c3ccccc3)c3n([n+]2C)-c2c(C)cccc2C(C)(C)C3(C)C)c1.Cc1cccc2c3ccccc3[n+]3cc(C)n(C)c3c12.Cc1cccc2c3ccccc3n3c(-c4c(C(C)C)cccc4C(C)C)c[n+](C)c3c12.Cc1ccccc1-n1c2ccccc2c(-c2ccccc2)[n+]1C.Cc1ccccc1-n1c2ccccc2c[n+]1C. The van der Waals surface area contributed by atoms with E-state index in [-0.39, 0.29) is 10.8 Å². The van der Waals surface area contributed by atoms with Crippen molar-refractivity contribution in [2.45, 2.75) is 133 Å². The summed E-state index contributed by atoms with van der Waals surface area (Å²) in [7, 11) is 10.8.